The second kappa shape index (κ2) is 2.65. The van der Waals surface area contributed by atoms with E-state index in [1.54, 1.807) is 0 Å². The van der Waals surface area contributed by atoms with E-state index < -0.39 is 21.1 Å². The van der Waals surface area contributed by atoms with E-state index in [1.807, 2.05) is 0 Å². The van der Waals surface area contributed by atoms with E-state index >= 15 is 0 Å². The molecule has 0 aromatic heterocycles. The fourth-order valence-electron chi connectivity index (χ4n) is 0.952. The van der Waals surface area contributed by atoms with Crippen molar-refractivity contribution in [3.8, 4) is 0 Å². The predicted molar refractivity (Wildman–Crippen MR) is 39.0 cm³/mol. The Balaban J connectivity index is 2.73. The lowest BCUT2D eigenvalue weighted by atomic mass is 10.3. The van der Waals surface area contributed by atoms with Crippen LogP contribution in [0.1, 0.15) is 6.42 Å². The zero-order valence-electron chi connectivity index (χ0n) is 5.73. The molecule has 0 aliphatic carbocycles. The van der Waals surface area contributed by atoms with Crippen LogP contribution in [0.5, 0.6) is 0 Å². The molecule has 0 radical (unpaired) electrons. The molecule has 0 saturated carbocycles. The van der Waals surface area contributed by atoms with Crippen molar-refractivity contribution in [2.75, 3.05) is 5.75 Å². The first kappa shape index (κ1) is 8.26. The Morgan fingerprint density at radius 2 is 2.27 bits per heavy atom. The molecule has 1 rings (SSSR count). The molecule has 4 nitrogen and oxygen atoms in total. The van der Waals surface area contributed by atoms with Crippen LogP contribution in [0.3, 0.4) is 0 Å². The van der Waals surface area contributed by atoms with E-state index in [-0.39, 0.29) is 12.2 Å². The zero-order valence-corrected chi connectivity index (χ0v) is 6.54. The third-order valence-corrected chi connectivity index (χ3v) is 3.42. The van der Waals surface area contributed by atoms with E-state index in [0.717, 1.165) is 0 Å². The van der Waals surface area contributed by atoms with Gasteiger partial charge in [0.25, 0.3) is 0 Å². The Morgan fingerprint density at radius 3 is 2.64 bits per heavy atom. The molecule has 1 aliphatic rings. The lowest BCUT2D eigenvalue weighted by Crippen LogP contribution is -2.19. The minimum absolute atomic E-state index is 0.0229. The molecule has 0 bridgehead atoms. The molecule has 0 fully saturated rings. The zero-order chi connectivity index (χ0) is 8.48. The summed E-state index contributed by atoms with van der Waals surface area (Å²) in [6.45, 7) is 0. The average Bonchev–Trinajstić information content (AvgIpc) is 2.10. The van der Waals surface area contributed by atoms with Crippen LogP contribution < -0.4 is 0 Å². The fraction of sp³-hybridized carbons (Fsp3) is 0.500. The summed E-state index contributed by atoms with van der Waals surface area (Å²) in [6, 6.07) is 0. The number of sulfone groups is 1. The molecule has 0 spiro atoms. The number of hydrogen-bond donors (Lipinski definition) is 1. The highest BCUT2D eigenvalue weighted by atomic mass is 32.2. The van der Waals surface area contributed by atoms with Gasteiger partial charge < -0.3 is 5.11 Å². The normalized spacial score (nSPS) is 27.1. The summed E-state index contributed by atoms with van der Waals surface area (Å²) < 4.78 is 21.9. The van der Waals surface area contributed by atoms with Crippen molar-refractivity contribution in [1.29, 1.82) is 0 Å². The Kier molecular flexibility index (Phi) is 1.99. The second-order valence-electron chi connectivity index (χ2n) is 2.39. The number of hydrogen-bond acceptors (Lipinski definition) is 3. The highest BCUT2D eigenvalue weighted by Gasteiger charge is 2.28. The molecule has 0 saturated heterocycles. The molecule has 62 valence electrons. The second-order valence-corrected chi connectivity index (χ2v) is 4.66. The maximum Gasteiger partial charge on any atom is 0.304 e. The summed E-state index contributed by atoms with van der Waals surface area (Å²) in [5, 5.41) is 7.50. The minimum atomic E-state index is -3.17. The van der Waals surface area contributed by atoms with Crippen molar-refractivity contribution in [1.82, 2.24) is 0 Å². The van der Waals surface area contributed by atoms with Gasteiger partial charge in [-0.15, -0.1) is 0 Å². The fourth-order valence-corrected chi connectivity index (χ4v) is 2.33. The monoisotopic (exact) mass is 176 g/mol. The van der Waals surface area contributed by atoms with Crippen molar-refractivity contribution in [2.45, 2.75) is 11.7 Å². The maximum atomic E-state index is 11.0. The van der Waals surface area contributed by atoms with E-state index in [4.69, 9.17) is 5.11 Å². The Hall–Kier alpha value is -0.840. The SMILES string of the molecule is O=C(O)CC1C=CCS1(=O)=O. The molecule has 1 heterocycles. The summed E-state index contributed by atoms with van der Waals surface area (Å²) >= 11 is 0. The largest absolute Gasteiger partial charge is 0.481 e. The lowest BCUT2D eigenvalue weighted by molar-refractivity contribution is -0.136. The highest BCUT2D eigenvalue weighted by Crippen LogP contribution is 2.15. The average molecular weight is 176 g/mol. The molecule has 1 N–H and O–H groups in total. The van der Waals surface area contributed by atoms with Gasteiger partial charge in [0.15, 0.2) is 9.84 Å². The van der Waals surface area contributed by atoms with Gasteiger partial charge in [-0.25, -0.2) is 8.42 Å². The molecule has 0 aromatic rings. The van der Waals surface area contributed by atoms with Gasteiger partial charge in [0, 0.05) is 0 Å². The third kappa shape index (κ3) is 1.80. The molecule has 0 aromatic carbocycles. The van der Waals surface area contributed by atoms with Crippen LogP contribution in [0.2, 0.25) is 0 Å². The van der Waals surface area contributed by atoms with Crippen LogP contribution in [0.25, 0.3) is 0 Å². The third-order valence-electron chi connectivity index (χ3n) is 1.52. The van der Waals surface area contributed by atoms with Gasteiger partial charge in [-0.1, -0.05) is 12.2 Å². The van der Waals surface area contributed by atoms with E-state index in [0.29, 0.717) is 0 Å². The summed E-state index contributed by atoms with van der Waals surface area (Å²) in [5.41, 5.74) is 0. The van der Waals surface area contributed by atoms with Crippen LogP contribution in [0, 0.1) is 0 Å². The van der Waals surface area contributed by atoms with Gasteiger partial charge in [0.2, 0.25) is 0 Å². The van der Waals surface area contributed by atoms with Crippen molar-refractivity contribution in [3.63, 3.8) is 0 Å². The standard InChI is InChI=1S/C6H8O4S/c7-6(8)4-5-2-1-3-11(5,9)10/h1-2,5H,3-4H2,(H,7,8). The smallest absolute Gasteiger partial charge is 0.304 e. The summed E-state index contributed by atoms with van der Waals surface area (Å²) in [5.74, 6) is -1.10. The van der Waals surface area contributed by atoms with Crippen LogP contribution in [0.15, 0.2) is 12.2 Å². The van der Waals surface area contributed by atoms with E-state index in [1.165, 1.54) is 12.2 Å². The van der Waals surface area contributed by atoms with Gasteiger partial charge in [0.1, 0.15) is 0 Å². The van der Waals surface area contributed by atoms with Crippen molar-refractivity contribution in [3.05, 3.63) is 12.2 Å². The van der Waals surface area contributed by atoms with Gasteiger partial charge in [0.05, 0.1) is 17.4 Å². The number of rotatable bonds is 2. The van der Waals surface area contributed by atoms with Crippen LogP contribution in [-0.4, -0.2) is 30.5 Å². The topological polar surface area (TPSA) is 71.4 Å². The van der Waals surface area contributed by atoms with E-state index in [9.17, 15) is 13.2 Å². The van der Waals surface area contributed by atoms with Crippen molar-refractivity contribution >= 4 is 15.8 Å². The summed E-state index contributed by atoms with van der Waals surface area (Å²) in [4.78, 5) is 10.1. The first-order chi connectivity index (χ1) is 5.02. The number of carboxylic acids is 1. The number of carbonyl (C=O) groups is 1. The van der Waals surface area contributed by atoms with Crippen LogP contribution in [-0.2, 0) is 14.6 Å². The molecule has 11 heavy (non-hydrogen) atoms. The first-order valence-electron chi connectivity index (χ1n) is 3.12. The molecule has 1 unspecified atom stereocenters. The minimum Gasteiger partial charge on any atom is -0.481 e. The molecular formula is C6H8O4S. The Bertz CT molecular complexity index is 288. The lowest BCUT2D eigenvalue weighted by Gasteiger charge is -2.02. The van der Waals surface area contributed by atoms with Crippen LogP contribution >= 0.6 is 0 Å². The summed E-state index contributed by atoms with van der Waals surface area (Å²) in [7, 11) is -3.17. The van der Waals surface area contributed by atoms with Gasteiger partial charge in [-0.3, -0.25) is 4.79 Å². The predicted octanol–water partition coefficient (Wildman–Crippen LogP) is -0.186. The van der Waals surface area contributed by atoms with Gasteiger partial charge in [-0.05, 0) is 0 Å². The Morgan fingerprint density at radius 1 is 1.64 bits per heavy atom. The van der Waals surface area contributed by atoms with Gasteiger partial charge in [-0.2, -0.15) is 0 Å². The van der Waals surface area contributed by atoms with Gasteiger partial charge >= 0.3 is 5.97 Å². The van der Waals surface area contributed by atoms with Crippen molar-refractivity contribution < 1.29 is 18.3 Å². The molecular weight excluding hydrogens is 168 g/mol. The summed E-state index contributed by atoms with van der Waals surface area (Å²) in [6.07, 6.45) is 2.60. The molecule has 1 atom stereocenters. The highest BCUT2D eigenvalue weighted by molar-refractivity contribution is 7.92. The Labute approximate surface area is 64.4 Å². The quantitative estimate of drug-likeness (QED) is 0.592. The maximum absolute atomic E-state index is 11.0. The number of carboxylic acid groups (broad SMARTS) is 1. The van der Waals surface area contributed by atoms with E-state index in [2.05, 4.69) is 0 Å². The number of aliphatic carboxylic acids is 1. The molecule has 0 amide bonds. The first-order valence-corrected chi connectivity index (χ1v) is 4.84. The molecule has 5 heteroatoms. The molecule has 1 aliphatic heterocycles. The van der Waals surface area contributed by atoms with Crippen LogP contribution in [0.4, 0.5) is 0 Å². The van der Waals surface area contributed by atoms with Crippen molar-refractivity contribution in [2.24, 2.45) is 0 Å².